The number of ether oxygens (including phenoxy) is 2. The van der Waals surface area contributed by atoms with E-state index in [0.29, 0.717) is 31.9 Å². The molecule has 8 heteroatoms. The lowest BCUT2D eigenvalue weighted by molar-refractivity contribution is 0.0134. The van der Waals surface area contributed by atoms with Crippen LogP contribution in [0.5, 0.6) is 0 Å². The van der Waals surface area contributed by atoms with Crippen molar-refractivity contribution in [2.24, 2.45) is 0 Å². The van der Waals surface area contributed by atoms with Crippen molar-refractivity contribution in [2.75, 3.05) is 13.2 Å². The van der Waals surface area contributed by atoms with Crippen molar-refractivity contribution in [2.45, 2.75) is 44.8 Å². The molecular formula is C14H21N3O5. The molecule has 1 aromatic heterocycles. The normalized spacial score (nSPS) is 17.8. The standard InChI is InChI=1S/C14H21N3O5/c1-13(2,3)22-12(20)17-14(4-6-21-7-5-14)11-15-8-9(16-11)10(18)19/h8H,4-7H2,1-3H3,(H,15,16)(H,17,20)(H,18,19). The molecule has 0 spiro atoms. The highest BCUT2D eigenvalue weighted by atomic mass is 16.6. The number of rotatable bonds is 3. The van der Waals surface area contributed by atoms with E-state index in [1.807, 2.05) is 0 Å². The smallest absolute Gasteiger partial charge is 0.408 e. The Hall–Kier alpha value is -2.09. The molecule has 22 heavy (non-hydrogen) atoms. The van der Waals surface area contributed by atoms with Crippen LogP contribution in [-0.2, 0) is 15.0 Å². The van der Waals surface area contributed by atoms with E-state index in [2.05, 4.69) is 15.3 Å². The number of aromatic carboxylic acids is 1. The van der Waals surface area contributed by atoms with Gasteiger partial charge in [-0.3, -0.25) is 0 Å². The number of hydrogen-bond acceptors (Lipinski definition) is 5. The van der Waals surface area contributed by atoms with Crippen LogP contribution in [0.3, 0.4) is 0 Å². The van der Waals surface area contributed by atoms with E-state index in [9.17, 15) is 9.59 Å². The largest absolute Gasteiger partial charge is 0.477 e. The SMILES string of the molecule is CC(C)(C)OC(=O)NC1(c2ncc(C(=O)O)[nH]2)CCOCC1. The van der Waals surface area contributed by atoms with Crippen LogP contribution in [0.4, 0.5) is 4.79 Å². The van der Waals surface area contributed by atoms with E-state index in [0.717, 1.165) is 0 Å². The summed E-state index contributed by atoms with van der Waals surface area (Å²) in [4.78, 5) is 30.0. The lowest BCUT2D eigenvalue weighted by Gasteiger charge is -2.36. The van der Waals surface area contributed by atoms with Gasteiger partial charge in [-0.15, -0.1) is 0 Å². The zero-order valence-electron chi connectivity index (χ0n) is 12.9. The van der Waals surface area contributed by atoms with Crippen molar-refractivity contribution in [3.8, 4) is 0 Å². The minimum atomic E-state index is -1.10. The number of carboxylic acids is 1. The summed E-state index contributed by atoms with van der Waals surface area (Å²) < 4.78 is 10.6. The zero-order valence-corrected chi connectivity index (χ0v) is 12.9. The maximum Gasteiger partial charge on any atom is 0.408 e. The van der Waals surface area contributed by atoms with Gasteiger partial charge in [-0.2, -0.15) is 0 Å². The lowest BCUT2D eigenvalue weighted by Crippen LogP contribution is -2.51. The first-order chi connectivity index (χ1) is 10.2. The van der Waals surface area contributed by atoms with Crippen LogP contribution in [0.15, 0.2) is 6.20 Å². The molecule has 1 aliphatic heterocycles. The fraction of sp³-hybridized carbons (Fsp3) is 0.643. The third-order valence-corrected chi connectivity index (χ3v) is 3.35. The van der Waals surface area contributed by atoms with E-state index < -0.39 is 23.2 Å². The van der Waals surface area contributed by atoms with Crippen LogP contribution in [0.25, 0.3) is 0 Å². The number of carboxylic acid groups (broad SMARTS) is 1. The first-order valence-corrected chi connectivity index (χ1v) is 7.10. The van der Waals surface area contributed by atoms with Gasteiger partial charge in [0.05, 0.1) is 6.20 Å². The molecule has 1 fully saturated rings. The molecule has 1 saturated heterocycles. The van der Waals surface area contributed by atoms with Gasteiger partial charge < -0.3 is 24.9 Å². The zero-order chi connectivity index (χ0) is 16.4. The van der Waals surface area contributed by atoms with Crippen molar-refractivity contribution in [3.05, 3.63) is 17.7 Å². The fourth-order valence-electron chi connectivity index (χ4n) is 2.31. The molecule has 2 heterocycles. The van der Waals surface area contributed by atoms with E-state index in [4.69, 9.17) is 14.6 Å². The number of carbonyl (C=O) groups is 2. The van der Waals surface area contributed by atoms with E-state index in [1.165, 1.54) is 6.20 Å². The minimum Gasteiger partial charge on any atom is -0.477 e. The summed E-state index contributed by atoms with van der Waals surface area (Å²) in [5.74, 6) is -0.697. The predicted molar refractivity (Wildman–Crippen MR) is 76.6 cm³/mol. The lowest BCUT2D eigenvalue weighted by atomic mass is 9.89. The highest BCUT2D eigenvalue weighted by Gasteiger charge is 2.40. The van der Waals surface area contributed by atoms with Gasteiger partial charge in [0.2, 0.25) is 0 Å². The Kier molecular flexibility index (Phi) is 4.41. The van der Waals surface area contributed by atoms with Gasteiger partial charge in [0.25, 0.3) is 0 Å². The van der Waals surface area contributed by atoms with Crippen molar-refractivity contribution in [3.63, 3.8) is 0 Å². The molecule has 8 nitrogen and oxygen atoms in total. The Morgan fingerprint density at radius 1 is 1.41 bits per heavy atom. The van der Waals surface area contributed by atoms with E-state index in [1.54, 1.807) is 20.8 Å². The fourth-order valence-corrected chi connectivity index (χ4v) is 2.31. The monoisotopic (exact) mass is 311 g/mol. The molecule has 0 aliphatic carbocycles. The Morgan fingerprint density at radius 2 is 2.05 bits per heavy atom. The number of aromatic nitrogens is 2. The minimum absolute atomic E-state index is 0.0214. The van der Waals surface area contributed by atoms with Gasteiger partial charge in [-0.25, -0.2) is 14.6 Å². The highest BCUT2D eigenvalue weighted by Crippen LogP contribution is 2.30. The summed E-state index contributed by atoms with van der Waals surface area (Å²) in [6, 6.07) is 0. The number of nitrogens with zero attached hydrogens (tertiary/aromatic N) is 1. The number of amides is 1. The summed E-state index contributed by atoms with van der Waals surface area (Å²) >= 11 is 0. The number of aromatic amines is 1. The topological polar surface area (TPSA) is 114 Å². The third kappa shape index (κ3) is 3.76. The molecular weight excluding hydrogens is 290 g/mol. The van der Waals surface area contributed by atoms with E-state index in [-0.39, 0.29) is 5.69 Å². The van der Waals surface area contributed by atoms with Crippen molar-refractivity contribution < 1.29 is 24.2 Å². The second-order valence-electron chi connectivity index (χ2n) is 6.27. The molecule has 1 aliphatic rings. The van der Waals surface area contributed by atoms with Gasteiger partial charge in [-0.05, 0) is 20.8 Å². The number of carbonyl (C=O) groups excluding carboxylic acids is 1. The maximum atomic E-state index is 12.1. The van der Waals surface area contributed by atoms with Gasteiger partial charge in [0.15, 0.2) is 0 Å². The second kappa shape index (κ2) is 5.96. The van der Waals surface area contributed by atoms with E-state index >= 15 is 0 Å². The van der Waals surface area contributed by atoms with Crippen LogP contribution in [0.1, 0.15) is 49.9 Å². The molecule has 0 atom stereocenters. The van der Waals surface area contributed by atoms with Crippen LogP contribution >= 0.6 is 0 Å². The van der Waals surface area contributed by atoms with Gasteiger partial charge in [-0.1, -0.05) is 0 Å². The van der Waals surface area contributed by atoms with Crippen molar-refractivity contribution >= 4 is 12.1 Å². The first kappa shape index (κ1) is 16.3. The average Bonchev–Trinajstić information content (AvgIpc) is 2.87. The number of imidazole rings is 1. The molecule has 0 aromatic carbocycles. The van der Waals surface area contributed by atoms with Gasteiger partial charge in [0, 0.05) is 26.1 Å². The van der Waals surface area contributed by atoms with Crippen LogP contribution in [-0.4, -0.2) is 46.0 Å². The summed E-state index contributed by atoms with van der Waals surface area (Å²) in [5.41, 5.74) is -1.45. The molecule has 2 rings (SSSR count). The summed E-state index contributed by atoms with van der Waals surface area (Å²) in [6.45, 7) is 6.22. The van der Waals surface area contributed by atoms with Crippen LogP contribution in [0.2, 0.25) is 0 Å². The Morgan fingerprint density at radius 3 is 2.55 bits per heavy atom. The molecule has 1 aromatic rings. The molecule has 1 amide bonds. The summed E-state index contributed by atoms with van der Waals surface area (Å²) in [6.07, 6.45) is 1.64. The summed E-state index contributed by atoms with van der Waals surface area (Å²) in [7, 11) is 0. The van der Waals surface area contributed by atoms with Crippen LogP contribution in [0, 0.1) is 0 Å². The van der Waals surface area contributed by atoms with Crippen molar-refractivity contribution in [1.29, 1.82) is 0 Å². The Labute approximate surface area is 128 Å². The Balaban J connectivity index is 2.23. The molecule has 0 unspecified atom stereocenters. The Bertz CT molecular complexity index is 555. The van der Waals surface area contributed by atoms with Crippen molar-refractivity contribution in [1.82, 2.24) is 15.3 Å². The third-order valence-electron chi connectivity index (χ3n) is 3.35. The second-order valence-corrected chi connectivity index (χ2v) is 6.27. The number of nitrogens with one attached hydrogen (secondary N) is 2. The quantitative estimate of drug-likeness (QED) is 0.782. The molecule has 122 valence electrons. The number of H-pyrrole nitrogens is 1. The molecule has 0 saturated carbocycles. The molecule has 3 N–H and O–H groups in total. The maximum absolute atomic E-state index is 12.1. The highest BCUT2D eigenvalue weighted by molar-refractivity contribution is 5.85. The summed E-state index contributed by atoms with van der Waals surface area (Å²) in [5, 5.41) is 11.8. The van der Waals surface area contributed by atoms with Crippen LogP contribution < -0.4 is 5.32 Å². The first-order valence-electron chi connectivity index (χ1n) is 7.10. The van der Waals surface area contributed by atoms with Gasteiger partial charge in [0.1, 0.15) is 22.7 Å². The number of alkyl carbamates (subject to hydrolysis) is 1. The van der Waals surface area contributed by atoms with Gasteiger partial charge >= 0.3 is 12.1 Å². The number of hydrogen-bond donors (Lipinski definition) is 3. The molecule has 0 radical (unpaired) electrons. The average molecular weight is 311 g/mol. The predicted octanol–water partition coefficient (Wildman–Crippen LogP) is 1.64. The molecule has 0 bridgehead atoms.